The number of carbonyl (C=O) groups is 1. The van der Waals surface area contributed by atoms with Gasteiger partial charge < -0.3 is 14.6 Å². The molecule has 0 aliphatic rings. The van der Waals surface area contributed by atoms with Crippen LogP contribution in [0.4, 0.5) is 0 Å². The molecule has 5 nitrogen and oxygen atoms in total. The fourth-order valence-corrected chi connectivity index (χ4v) is 2.44. The average Bonchev–Trinajstić information content (AvgIpc) is 2.59. The van der Waals surface area contributed by atoms with Gasteiger partial charge in [0.15, 0.2) is 6.61 Å². The Morgan fingerprint density at radius 3 is 2.61 bits per heavy atom. The van der Waals surface area contributed by atoms with E-state index in [-0.39, 0.29) is 6.61 Å². The van der Waals surface area contributed by atoms with Gasteiger partial charge in [0.2, 0.25) is 0 Å². The monoisotopic (exact) mass is 309 g/mol. The van der Waals surface area contributed by atoms with Gasteiger partial charge in [0.1, 0.15) is 17.0 Å². The van der Waals surface area contributed by atoms with Crippen molar-refractivity contribution in [2.75, 3.05) is 13.7 Å². The van der Waals surface area contributed by atoms with Crippen LogP contribution in [0.25, 0.3) is 22.0 Å². The molecule has 0 aliphatic heterocycles. The zero-order valence-electron chi connectivity index (χ0n) is 12.5. The summed E-state index contributed by atoms with van der Waals surface area (Å²) in [5.74, 6) is 0.249. The highest BCUT2D eigenvalue weighted by atomic mass is 16.5. The van der Waals surface area contributed by atoms with Crippen LogP contribution in [0.2, 0.25) is 0 Å². The Balaban J connectivity index is 1.99. The molecule has 0 bridgehead atoms. The Kier molecular flexibility index (Phi) is 4.10. The van der Waals surface area contributed by atoms with Crippen LogP contribution in [0.5, 0.6) is 11.5 Å². The van der Waals surface area contributed by atoms with Crippen molar-refractivity contribution in [3.63, 3.8) is 0 Å². The zero-order chi connectivity index (χ0) is 16.2. The average molecular weight is 309 g/mol. The summed E-state index contributed by atoms with van der Waals surface area (Å²) in [5, 5.41) is 9.62. The highest BCUT2D eigenvalue weighted by Crippen LogP contribution is 2.33. The second kappa shape index (κ2) is 6.36. The lowest BCUT2D eigenvalue weighted by atomic mass is 10.00. The summed E-state index contributed by atoms with van der Waals surface area (Å²) in [6.45, 7) is -0.352. The molecule has 0 radical (unpaired) electrons. The summed E-state index contributed by atoms with van der Waals surface area (Å²) >= 11 is 0. The summed E-state index contributed by atoms with van der Waals surface area (Å²) in [7, 11) is 1.62. The first kappa shape index (κ1) is 14.8. The molecule has 5 heteroatoms. The highest BCUT2D eigenvalue weighted by Gasteiger charge is 2.09. The van der Waals surface area contributed by atoms with Gasteiger partial charge in [0.25, 0.3) is 0 Å². The zero-order valence-corrected chi connectivity index (χ0v) is 12.5. The van der Waals surface area contributed by atoms with Gasteiger partial charge in [0, 0.05) is 11.6 Å². The fourth-order valence-electron chi connectivity index (χ4n) is 2.44. The molecule has 0 unspecified atom stereocenters. The lowest BCUT2D eigenvalue weighted by molar-refractivity contribution is -0.139. The molecule has 1 heterocycles. The second-order valence-electron chi connectivity index (χ2n) is 4.92. The van der Waals surface area contributed by atoms with E-state index in [1.807, 2.05) is 36.4 Å². The van der Waals surface area contributed by atoms with Crippen molar-refractivity contribution < 1.29 is 19.4 Å². The summed E-state index contributed by atoms with van der Waals surface area (Å²) in [6, 6.07) is 15.0. The van der Waals surface area contributed by atoms with Crippen LogP contribution in [-0.2, 0) is 4.79 Å². The Morgan fingerprint density at radius 1 is 1.13 bits per heavy atom. The number of carboxylic acid groups (broad SMARTS) is 1. The number of hydrogen-bond acceptors (Lipinski definition) is 4. The number of nitrogens with zero attached hydrogens (tertiary/aromatic N) is 1. The van der Waals surface area contributed by atoms with Crippen LogP contribution in [0.15, 0.2) is 54.7 Å². The maximum Gasteiger partial charge on any atom is 0.341 e. The molecular formula is C18H15NO4. The molecule has 1 N–H and O–H groups in total. The first-order valence-electron chi connectivity index (χ1n) is 7.06. The number of hydrogen-bond donors (Lipinski definition) is 1. The van der Waals surface area contributed by atoms with Crippen LogP contribution in [0.1, 0.15) is 0 Å². The Morgan fingerprint density at radius 2 is 1.91 bits per heavy atom. The predicted molar refractivity (Wildman–Crippen MR) is 86.9 cm³/mol. The van der Waals surface area contributed by atoms with E-state index in [0.717, 1.165) is 27.8 Å². The van der Waals surface area contributed by atoms with Gasteiger partial charge in [-0.1, -0.05) is 18.2 Å². The van der Waals surface area contributed by atoms with Crippen molar-refractivity contribution in [3.05, 3.63) is 54.7 Å². The standard InChI is InChI=1S/C18H15NO4/c1-22-16-9-8-14(15-3-2-10-19-18(15)16)12-4-6-13(7-5-12)23-11-17(20)21/h2-10H,11H2,1H3,(H,20,21). The SMILES string of the molecule is COc1ccc(-c2ccc(OCC(=O)O)cc2)c2cccnc12. The first-order chi connectivity index (χ1) is 11.2. The number of aliphatic carboxylic acids is 1. The maximum atomic E-state index is 10.5. The van der Waals surface area contributed by atoms with E-state index in [1.165, 1.54) is 0 Å². The Hall–Kier alpha value is -3.08. The van der Waals surface area contributed by atoms with Crippen molar-refractivity contribution in [1.82, 2.24) is 4.98 Å². The number of rotatable bonds is 5. The van der Waals surface area contributed by atoms with Crippen LogP contribution >= 0.6 is 0 Å². The Bertz CT molecular complexity index is 843. The van der Waals surface area contributed by atoms with Crippen LogP contribution in [0.3, 0.4) is 0 Å². The summed E-state index contributed by atoms with van der Waals surface area (Å²) in [4.78, 5) is 14.9. The molecular weight excluding hydrogens is 294 g/mol. The number of benzene rings is 2. The third kappa shape index (κ3) is 3.08. The molecule has 0 saturated carbocycles. The molecule has 3 aromatic rings. The minimum Gasteiger partial charge on any atom is -0.494 e. The van der Waals surface area contributed by atoms with Crippen LogP contribution in [0, 0.1) is 0 Å². The quantitative estimate of drug-likeness (QED) is 0.782. The van der Waals surface area contributed by atoms with Crippen LogP contribution in [-0.4, -0.2) is 29.8 Å². The molecule has 3 rings (SSSR count). The maximum absolute atomic E-state index is 10.5. The van der Waals surface area contributed by atoms with Gasteiger partial charge in [-0.05, 0) is 41.5 Å². The number of ether oxygens (including phenoxy) is 2. The minimum atomic E-state index is -0.999. The van der Waals surface area contributed by atoms with Gasteiger partial charge in [-0.15, -0.1) is 0 Å². The number of aromatic nitrogens is 1. The van der Waals surface area contributed by atoms with Gasteiger partial charge >= 0.3 is 5.97 Å². The molecule has 23 heavy (non-hydrogen) atoms. The molecule has 0 saturated heterocycles. The molecule has 0 spiro atoms. The van der Waals surface area contributed by atoms with Gasteiger partial charge in [0.05, 0.1) is 7.11 Å². The van der Waals surface area contributed by atoms with Crippen molar-refractivity contribution in [3.8, 4) is 22.6 Å². The summed E-state index contributed by atoms with van der Waals surface area (Å²) in [5.41, 5.74) is 2.82. The normalized spacial score (nSPS) is 10.5. The smallest absolute Gasteiger partial charge is 0.341 e. The molecule has 0 fully saturated rings. The second-order valence-corrected chi connectivity index (χ2v) is 4.92. The van der Waals surface area contributed by atoms with Gasteiger partial charge in [-0.3, -0.25) is 4.98 Å². The van der Waals surface area contributed by atoms with E-state index in [9.17, 15) is 4.79 Å². The van der Waals surface area contributed by atoms with E-state index >= 15 is 0 Å². The van der Waals surface area contributed by atoms with E-state index in [2.05, 4.69) is 4.98 Å². The van der Waals surface area contributed by atoms with Gasteiger partial charge in [-0.25, -0.2) is 4.79 Å². The molecule has 0 aliphatic carbocycles. The van der Waals surface area contributed by atoms with Crippen LogP contribution < -0.4 is 9.47 Å². The van der Waals surface area contributed by atoms with Crippen molar-refractivity contribution in [1.29, 1.82) is 0 Å². The number of pyridine rings is 1. The molecule has 0 atom stereocenters. The van der Waals surface area contributed by atoms with E-state index in [4.69, 9.17) is 14.6 Å². The van der Waals surface area contributed by atoms with Crippen molar-refractivity contribution >= 4 is 16.9 Å². The lowest BCUT2D eigenvalue weighted by Crippen LogP contribution is -2.09. The topological polar surface area (TPSA) is 68.7 Å². The third-order valence-corrected chi connectivity index (χ3v) is 3.48. The van der Waals surface area contributed by atoms with E-state index in [1.54, 1.807) is 25.4 Å². The number of carboxylic acids is 1. The first-order valence-corrected chi connectivity index (χ1v) is 7.06. The van der Waals surface area contributed by atoms with E-state index < -0.39 is 5.97 Å². The molecule has 2 aromatic carbocycles. The predicted octanol–water partition coefficient (Wildman–Crippen LogP) is 3.37. The van der Waals surface area contributed by atoms with Crippen molar-refractivity contribution in [2.45, 2.75) is 0 Å². The third-order valence-electron chi connectivity index (χ3n) is 3.48. The highest BCUT2D eigenvalue weighted by molar-refractivity contribution is 5.97. The number of fused-ring (bicyclic) bond motifs is 1. The fraction of sp³-hybridized carbons (Fsp3) is 0.111. The van der Waals surface area contributed by atoms with Crippen molar-refractivity contribution in [2.24, 2.45) is 0 Å². The van der Waals surface area contributed by atoms with Gasteiger partial charge in [-0.2, -0.15) is 0 Å². The summed E-state index contributed by atoms with van der Waals surface area (Å²) in [6.07, 6.45) is 1.73. The number of methoxy groups -OCH3 is 1. The minimum absolute atomic E-state index is 0.352. The molecule has 0 amide bonds. The Labute approximate surface area is 133 Å². The van der Waals surface area contributed by atoms with E-state index in [0.29, 0.717) is 5.75 Å². The largest absolute Gasteiger partial charge is 0.494 e. The molecule has 116 valence electrons. The lowest BCUT2D eigenvalue weighted by Gasteiger charge is -2.10. The summed E-state index contributed by atoms with van der Waals surface area (Å²) < 4.78 is 10.5. The molecule has 1 aromatic heterocycles.